The van der Waals surface area contributed by atoms with Crippen LogP contribution in [0.4, 0.5) is 5.69 Å². The van der Waals surface area contributed by atoms with Crippen molar-refractivity contribution in [3.8, 4) is 22.3 Å². The Labute approximate surface area is 263 Å². The summed E-state index contributed by atoms with van der Waals surface area (Å²) in [7, 11) is 0. The van der Waals surface area contributed by atoms with E-state index >= 15 is 0 Å². The highest BCUT2D eigenvalue weighted by Crippen LogP contribution is 2.52. The van der Waals surface area contributed by atoms with Crippen LogP contribution in [0.3, 0.4) is 0 Å². The van der Waals surface area contributed by atoms with Crippen molar-refractivity contribution in [2.45, 2.75) is 35.1 Å². The maximum Gasteiger partial charge on any atom is 0.134 e. The molecule has 3 heteroatoms. The summed E-state index contributed by atoms with van der Waals surface area (Å²) in [5.74, 6) is 0.895. The smallest absolute Gasteiger partial charge is 0.134 e. The Morgan fingerprint density at radius 2 is 1.18 bits per heavy atom. The van der Waals surface area contributed by atoms with Gasteiger partial charge in [0.1, 0.15) is 11.9 Å². The molecule has 6 aromatic carbocycles. The van der Waals surface area contributed by atoms with E-state index in [0.717, 1.165) is 22.6 Å². The van der Waals surface area contributed by atoms with E-state index in [1.165, 1.54) is 48.7 Å². The number of anilines is 1. The highest BCUT2D eigenvalue weighted by atomic mass is 32.2. The molecule has 0 spiro atoms. The minimum Gasteiger partial charge on any atom is -0.340 e. The fraction of sp³-hybridized carbons (Fsp3) is 0.0976. The largest absolute Gasteiger partial charge is 0.340 e. The predicted molar refractivity (Wildman–Crippen MR) is 185 cm³/mol. The number of hydrogen-bond donors (Lipinski definition) is 1. The molecule has 2 aliphatic heterocycles. The van der Waals surface area contributed by atoms with E-state index in [9.17, 15) is 0 Å². The van der Waals surface area contributed by atoms with Gasteiger partial charge in [0.05, 0.1) is 0 Å². The number of para-hydroxylation sites is 1. The Morgan fingerprint density at radius 1 is 0.568 bits per heavy atom. The molecule has 0 radical (unpaired) electrons. The molecule has 6 aromatic rings. The molecule has 0 aliphatic carbocycles. The van der Waals surface area contributed by atoms with E-state index in [0.29, 0.717) is 0 Å². The minimum atomic E-state index is -0.0600. The Kier molecular flexibility index (Phi) is 6.50. The average Bonchev–Trinajstić information content (AvgIpc) is 3.08. The fourth-order valence-electron chi connectivity index (χ4n) is 6.70. The van der Waals surface area contributed by atoms with Crippen molar-refractivity contribution >= 4 is 23.3 Å². The van der Waals surface area contributed by atoms with Crippen molar-refractivity contribution in [3.05, 3.63) is 173 Å². The van der Waals surface area contributed by atoms with Crippen molar-refractivity contribution in [1.29, 1.82) is 0 Å². The van der Waals surface area contributed by atoms with Gasteiger partial charge in [-0.15, -0.1) is 0 Å². The van der Waals surface area contributed by atoms with Gasteiger partial charge in [-0.25, -0.2) is 0 Å². The van der Waals surface area contributed by atoms with Gasteiger partial charge in [-0.3, -0.25) is 4.99 Å². The van der Waals surface area contributed by atoms with Crippen molar-refractivity contribution in [2.75, 3.05) is 5.32 Å². The summed E-state index contributed by atoms with van der Waals surface area (Å²) in [6.45, 7) is 4.69. The first-order chi connectivity index (χ1) is 21.6. The number of aliphatic imine (C=N–C) groups is 1. The van der Waals surface area contributed by atoms with E-state index in [1.807, 2.05) is 11.8 Å². The molecular formula is C41H32N2S. The first kappa shape index (κ1) is 26.7. The third kappa shape index (κ3) is 4.47. The summed E-state index contributed by atoms with van der Waals surface area (Å²) in [6, 6.07) is 52.3. The molecule has 8 rings (SSSR count). The van der Waals surface area contributed by atoms with E-state index in [2.05, 4.69) is 165 Å². The van der Waals surface area contributed by atoms with E-state index in [4.69, 9.17) is 4.99 Å². The molecule has 1 N–H and O–H groups in total. The Bertz CT molecular complexity index is 2040. The number of nitrogens with one attached hydrogen (secondary N) is 1. The topological polar surface area (TPSA) is 24.4 Å². The quantitative estimate of drug-likeness (QED) is 0.223. The third-order valence-electron chi connectivity index (χ3n) is 9.03. The zero-order chi connectivity index (χ0) is 29.7. The predicted octanol–water partition coefficient (Wildman–Crippen LogP) is 10.8. The molecule has 2 heterocycles. The lowest BCUT2D eigenvalue weighted by molar-refractivity contribution is 0.608. The van der Waals surface area contributed by atoms with Crippen LogP contribution in [0.5, 0.6) is 0 Å². The summed E-state index contributed by atoms with van der Waals surface area (Å²) < 4.78 is 0. The van der Waals surface area contributed by atoms with Gasteiger partial charge in [-0.05, 0) is 51.1 Å². The minimum absolute atomic E-state index is 0.0456. The second-order valence-corrected chi connectivity index (χ2v) is 13.1. The van der Waals surface area contributed by atoms with Crippen molar-refractivity contribution in [3.63, 3.8) is 0 Å². The molecule has 212 valence electrons. The second-order valence-electron chi connectivity index (χ2n) is 12.0. The number of nitrogens with zero attached hydrogens (tertiary/aromatic N) is 1. The number of amidine groups is 1. The molecule has 0 aromatic heterocycles. The number of benzene rings is 6. The highest BCUT2D eigenvalue weighted by Gasteiger charge is 2.34. The van der Waals surface area contributed by atoms with E-state index in [1.54, 1.807) is 0 Å². The monoisotopic (exact) mass is 584 g/mol. The van der Waals surface area contributed by atoms with E-state index in [-0.39, 0.29) is 11.5 Å². The summed E-state index contributed by atoms with van der Waals surface area (Å²) in [6.07, 6.45) is 0. The van der Waals surface area contributed by atoms with Gasteiger partial charge >= 0.3 is 0 Å². The standard InChI is InChI=1S/C41H32N2S/c1-41(2)34-19-9-11-22-37(34)44-39-31(18-12-20-35(39)41)28-25-23-27(24-26-28)30-15-6-7-16-32(30)40-42-36-21-10-8-17-33(36)38(43-40)29-13-4-3-5-14-29/h3-26,38H,1-2H3,(H,42,43). The molecule has 0 amide bonds. The molecule has 0 bridgehead atoms. The van der Waals surface area contributed by atoms with Crippen LogP contribution in [0.1, 0.15) is 47.7 Å². The number of fused-ring (bicyclic) bond motifs is 3. The first-order valence-electron chi connectivity index (χ1n) is 15.2. The molecular weight excluding hydrogens is 553 g/mol. The Hall–Kier alpha value is -4.86. The maximum absolute atomic E-state index is 5.30. The first-order valence-corrected chi connectivity index (χ1v) is 16.0. The lowest BCUT2D eigenvalue weighted by atomic mass is 9.77. The highest BCUT2D eigenvalue weighted by molar-refractivity contribution is 7.99. The molecule has 1 unspecified atom stereocenters. The molecule has 1 atom stereocenters. The Morgan fingerprint density at radius 3 is 2.00 bits per heavy atom. The van der Waals surface area contributed by atoms with Crippen LogP contribution in [0.15, 0.2) is 160 Å². The normalized spacial score (nSPS) is 16.1. The molecule has 0 saturated heterocycles. The van der Waals surface area contributed by atoms with Gasteiger partial charge in [-0.1, -0.05) is 159 Å². The lowest BCUT2D eigenvalue weighted by Crippen LogP contribution is -2.23. The summed E-state index contributed by atoms with van der Waals surface area (Å²) in [5, 5.41) is 3.66. The van der Waals surface area contributed by atoms with Crippen LogP contribution in [0.2, 0.25) is 0 Å². The summed E-state index contributed by atoms with van der Waals surface area (Å²) in [5.41, 5.74) is 12.2. The molecule has 0 saturated carbocycles. The van der Waals surface area contributed by atoms with Gasteiger partial charge in [0, 0.05) is 32.0 Å². The van der Waals surface area contributed by atoms with Crippen molar-refractivity contribution in [1.82, 2.24) is 0 Å². The molecule has 0 fully saturated rings. The van der Waals surface area contributed by atoms with Crippen LogP contribution in [0, 0.1) is 0 Å². The lowest BCUT2D eigenvalue weighted by Gasteiger charge is -2.35. The van der Waals surface area contributed by atoms with Crippen LogP contribution in [-0.4, -0.2) is 5.84 Å². The van der Waals surface area contributed by atoms with Crippen LogP contribution in [-0.2, 0) is 5.41 Å². The molecule has 2 nitrogen and oxygen atoms in total. The van der Waals surface area contributed by atoms with Gasteiger partial charge < -0.3 is 5.32 Å². The van der Waals surface area contributed by atoms with Gasteiger partial charge in [0.2, 0.25) is 0 Å². The summed E-state index contributed by atoms with van der Waals surface area (Å²) >= 11 is 1.90. The van der Waals surface area contributed by atoms with E-state index < -0.39 is 0 Å². The Balaban J connectivity index is 1.18. The SMILES string of the molecule is CC1(C)c2ccccc2Sc2c(-c3ccc(-c4ccccc4C4=NC(c5ccccc5)c5ccccc5N4)cc3)cccc21. The van der Waals surface area contributed by atoms with Gasteiger partial charge in [0.25, 0.3) is 0 Å². The summed E-state index contributed by atoms with van der Waals surface area (Å²) in [4.78, 5) is 8.00. The number of rotatable bonds is 4. The number of hydrogen-bond acceptors (Lipinski definition) is 3. The fourth-order valence-corrected chi connectivity index (χ4v) is 8.23. The van der Waals surface area contributed by atoms with Crippen LogP contribution < -0.4 is 5.32 Å². The van der Waals surface area contributed by atoms with Crippen LogP contribution >= 0.6 is 11.8 Å². The zero-order valence-electron chi connectivity index (χ0n) is 24.8. The van der Waals surface area contributed by atoms with Crippen LogP contribution in [0.25, 0.3) is 22.3 Å². The van der Waals surface area contributed by atoms with Gasteiger partial charge in [-0.2, -0.15) is 0 Å². The van der Waals surface area contributed by atoms with Crippen molar-refractivity contribution in [2.24, 2.45) is 4.99 Å². The zero-order valence-corrected chi connectivity index (χ0v) is 25.6. The molecule has 2 aliphatic rings. The molecule has 44 heavy (non-hydrogen) atoms. The van der Waals surface area contributed by atoms with Crippen molar-refractivity contribution < 1.29 is 0 Å². The third-order valence-corrected chi connectivity index (χ3v) is 10.3. The average molecular weight is 585 g/mol. The van der Waals surface area contributed by atoms with Gasteiger partial charge in [0.15, 0.2) is 0 Å². The maximum atomic E-state index is 5.30. The second kappa shape index (κ2) is 10.7.